The van der Waals surface area contributed by atoms with Crippen LogP contribution < -0.4 is 11.1 Å². The van der Waals surface area contributed by atoms with Gasteiger partial charge in [0.05, 0.1) is 0 Å². The zero-order valence-corrected chi connectivity index (χ0v) is 16.0. The van der Waals surface area contributed by atoms with Gasteiger partial charge in [0.25, 0.3) is 0 Å². The third-order valence-electron chi connectivity index (χ3n) is 3.95. The van der Waals surface area contributed by atoms with Crippen LogP contribution in [0.1, 0.15) is 44.7 Å². The maximum Gasteiger partial charge on any atom is 0.226 e. The van der Waals surface area contributed by atoms with Gasteiger partial charge < -0.3 is 15.5 Å². The number of amides is 1. The quantitative estimate of drug-likeness (QED) is 0.701. The van der Waals surface area contributed by atoms with Crippen LogP contribution in [0.2, 0.25) is 0 Å². The molecule has 0 aliphatic heterocycles. The zero-order valence-electron chi connectivity index (χ0n) is 15.2. The highest BCUT2D eigenvalue weighted by atomic mass is 35.5. The highest BCUT2D eigenvalue weighted by Gasteiger charge is 2.21. The van der Waals surface area contributed by atoms with E-state index in [2.05, 4.69) is 10.3 Å². The third kappa shape index (κ3) is 4.62. The van der Waals surface area contributed by atoms with Crippen LogP contribution in [0.15, 0.2) is 52.9 Å². The number of oxazole rings is 1. The number of hydrogen-bond donors (Lipinski definition) is 2. The molecule has 0 saturated heterocycles. The minimum Gasteiger partial charge on any atom is -0.440 e. The predicted molar refractivity (Wildman–Crippen MR) is 107 cm³/mol. The number of nitrogens with two attached hydrogens (primary N) is 1. The first-order valence-electron chi connectivity index (χ1n) is 8.34. The number of fused-ring (bicyclic) bond motifs is 1. The predicted octanol–water partition coefficient (Wildman–Crippen LogP) is 4.58. The summed E-state index contributed by atoms with van der Waals surface area (Å²) >= 11 is 0. The highest BCUT2D eigenvalue weighted by Crippen LogP contribution is 2.27. The van der Waals surface area contributed by atoms with Gasteiger partial charge in [0.15, 0.2) is 5.58 Å². The first-order chi connectivity index (χ1) is 11.8. The van der Waals surface area contributed by atoms with Gasteiger partial charge in [0.2, 0.25) is 11.8 Å². The van der Waals surface area contributed by atoms with E-state index in [1.807, 2.05) is 69.3 Å². The summed E-state index contributed by atoms with van der Waals surface area (Å²) < 4.78 is 5.77. The van der Waals surface area contributed by atoms with Crippen molar-refractivity contribution in [2.45, 2.75) is 38.6 Å². The summed E-state index contributed by atoms with van der Waals surface area (Å²) in [6.45, 7) is 6.14. The van der Waals surface area contributed by atoms with E-state index in [1.165, 1.54) is 0 Å². The Labute approximate surface area is 159 Å². The molecule has 0 aliphatic rings. The lowest BCUT2D eigenvalue weighted by molar-refractivity contribution is -0.116. The van der Waals surface area contributed by atoms with Crippen LogP contribution in [0.5, 0.6) is 0 Å². The van der Waals surface area contributed by atoms with Crippen molar-refractivity contribution in [1.29, 1.82) is 0 Å². The van der Waals surface area contributed by atoms with E-state index in [-0.39, 0.29) is 36.2 Å². The fraction of sp³-hybridized carbons (Fsp3) is 0.300. The van der Waals surface area contributed by atoms with Crippen LogP contribution in [0.25, 0.3) is 11.1 Å². The number of carbonyl (C=O) groups excluding carboxylic acids is 1. The van der Waals surface area contributed by atoms with E-state index in [1.54, 1.807) is 0 Å². The number of carbonyl (C=O) groups is 1. The summed E-state index contributed by atoms with van der Waals surface area (Å²) in [5.41, 5.74) is 9.02. The summed E-state index contributed by atoms with van der Waals surface area (Å²) in [7, 11) is 0. The molecule has 138 valence electrons. The van der Waals surface area contributed by atoms with Crippen molar-refractivity contribution in [3.63, 3.8) is 0 Å². The minimum atomic E-state index is -0.329. The topological polar surface area (TPSA) is 81.2 Å². The first-order valence-corrected chi connectivity index (χ1v) is 8.34. The zero-order chi connectivity index (χ0) is 18.0. The van der Waals surface area contributed by atoms with Gasteiger partial charge >= 0.3 is 0 Å². The largest absolute Gasteiger partial charge is 0.440 e. The lowest BCUT2D eigenvalue weighted by atomic mass is 9.97. The summed E-state index contributed by atoms with van der Waals surface area (Å²) in [5.74, 6) is 0.548. The number of benzene rings is 2. The molecular weight excluding hydrogens is 350 g/mol. The van der Waals surface area contributed by atoms with Gasteiger partial charge in [-0.25, -0.2) is 4.98 Å². The fourth-order valence-corrected chi connectivity index (χ4v) is 2.56. The Bertz CT molecular complexity index is 885. The van der Waals surface area contributed by atoms with E-state index < -0.39 is 0 Å². The molecule has 3 aromatic rings. The molecule has 3 rings (SSSR count). The molecular formula is C20H24ClN3O2. The maximum atomic E-state index is 12.3. The molecule has 1 heterocycles. The Balaban J connectivity index is 0.00000243. The Morgan fingerprint density at radius 3 is 2.54 bits per heavy atom. The van der Waals surface area contributed by atoms with Gasteiger partial charge in [-0.3, -0.25) is 4.79 Å². The summed E-state index contributed by atoms with van der Waals surface area (Å²) in [6.07, 6.45) is 0.216. The van der Waals surface area contributed by atoms with Crippen LogP contribution in [0, 0.1) is 0 Å². The normalized spacial score (nSPS) is 12.5. The molecule has 1 unspecified atom stereocenters. The smallest absolute Gasteiger partial charge is 0.226 e. The van der Waals surface area contributed by atoms with Gasteiger partial charge in [-0.15, -0.1) is 12.4 Å². The second-order valence-corrected chi connectivity index (χ2v) is 7.22. The molecule has 2 aromatic carbocycles. The number of rotatable bonds is 4. The standard InChI is InChI=1S/C20H23N3O2.ClH/c1-20(2,3)19-23-16-11-14(9-10-17(16)25-19)22-18(24)12-15(21)13-7-5-4-6-8-13;/h4-11,15H,12,21H2,1-3H3,(H,22,24);1H. The number of nitrogens with zero attached hydrogens (tertiary/aromatic N) is 1. The van der Waals surface area contributed by atoms with Crippen molar-refractivity contribution < 1.29 is 9.21 Å². The highest BCUT2D eigenvalue weighted by molar-refractivity contribution is 5.93. The summed E-state index contributed by atoms with van der Waals surface area (Å²) in [4.78, 5) is 16.8. The van der Waals surface area contributed by atoms with Crippen molar-refractivity contribution in [3.8, 4) is 0 Å². The van der Waals surface area contributed by atoms with E-state index in [9.17, 15) is 4.79 Å². The van der Waals surface area contributed by atoms with E-state index >= 15 is 0 Å². The van der Waals surface area contributed by atoms with Gasteiger partial charge in [-0.2, -0.15) is 0 Å². The molecule has 3 N–H and O–H groups in total. The van der Waals surface area contributed by atoms with Crippen LogP contribution >= 0.6 is 12.4 Å². The molecule has 6 heteroatoms. The summed E-state index contributed by atoms with van der Waals surface area (Å²) in [6, 6.07) is 14.7. The van der Waals surface area contributed by atoms with E-state index in [0.717, 1.165) is 11.1 Å². The third-order valence-corrected chi connectivity index (χ3v) is 3.95. The van der Waals surface area contributed by atoms with Crippen molar-refractivity contribution in [2.75, 3.05) is 5.32 Å². The Hall–Kier alpha value is -2.37. The van der Waals surface area contributed by atoms with Crippen molar-refractivity contribution >= 4 is 35.1 Å². The molecule has 0 saturated carbocycles. The molecule has 0 radical (unpaired) electrons. The molecule has 0 aliphatic carbocycles. The van der Waals surface area contributed by atoms with Crippen LogP contribution in [-0.4, -0.2) is 10.9 Å². The molecule has 1 aromatic heterocycles. The second-order valence-electron chi connectivity index (χ2n) is 7.22. The van der Waals surface area contributed by atoms with E-state index in [4.69, 9.17) is 10.2 Å². The minimum absolute atomic E-state index is 0. The Morgan fingerprint density at radius 2 is 1.88 bits per heavy atom. The molecule has 1 atom stereocenters. The monoisotopic (exact) mass is 373 g/mol. The number of anilines is 1. The summed E-state index contributed by atoms with van der Waals surface area (Å²) in [5, 5.41) is 2.88. The van der Waals surface area contributed by atoms with Gasteiger partial charge in [0, 0.05) is 23.6 Å². The Morgan fingerprint density at radius 1 is 1.19 bits per heavy atom. The lowest BCUT2D eigenvalue weighted by Gasteiger charge is -2.12. The Kier molecular flexibility index (Phi) is 6.05. The average Bonchev–Trinajstić information content (AvgIpc) is 2.99. The van der Waals surface area contributed by atoms with Gasteiger partial charge in [-0.1, -0.05) is 51.1 Å². The van der Waals surface area contributed by atoms with Gasteiger partial charge in [0.1, 0.15) is 5.52 Å². The number of halogens is 1. The van der Waals surface area contributed by atoms with E-state index in [0.29, 0.717) is 17.2 Å². The van der Waals surface area contributed by atoms with Crippen molar-refractivity contribution in [3.05, 3.63) is 60.0 Å². The number of hydrogen-bond acceptors (Lipinski definition) is 4. The average molecular weight is 374 g/mol. The number of nitrogens with one attached hydrogen (secondary N) is 1. The molecule has 0 fully saturated rings. The first kappa shape index (κ1) is 19.9. The molecule has 1 amide bonds. The maximum absolute atomic E-state index is 12.3. The SMILES string of the molecule is CC(C)(C)c1nc2cc(NC(=O)CC(N)c3ccccc3)ccc2o1.Cl. The van der Waals surface area contributed by atoms with Crippen molar-refractivity contribution in [1.82, 2.24) is 4.98 Å². The van der Waals surface area contributed by atoms with Crippen LogP contribution in [0.4, 0.5) is 5.69 Å². The lowest BCUT2D eigenvalue weighted by Crippen LogP contribution is -2.20. The second kappa shape index (κ2) is 7.89. The van der Waals surface area contributed by atoms with Gasteiger partial charge in [-0.05, 0) is 23.8 Å². The fourth-order valence-electron chi connectivity index (χ4n) is 2.56. The molecule has 0 bridgehead atoms. The van der Waals surface area contributed by atoms with Crippen LogP contribution in [0.3, 0.4) is 0 Å². The van der Waals surface area contributed by atoms with Crippen LogP contribution in [-0.2, 0) is 10.2 Å². The number of aromatic nitrogens is 1. The molecule has 26 heavy (non-hydrogen) atoms. The van der Waals surface area contributed by atoms with Crippen molar-refractivity contribution in [2.24, 2.45) is 5.73 Å². The molecule has 5 nitrogen and oxygen atoms in total. The molecule has 0 spiro atoms.